The summed E-state index contributed by atoms with van der Waals surface area (Å²) in [6.07, 6.45) is 1.41. The molecule has 2 aromatic rings. The van der Waals surface area contributed by atoms with Crippen LogP contribution in [0, 0.1) is 0 Å². The molecule has 1 amide bonds. The van der Waals surface area contributed by atoms with Gasteiger partial charge in [-0.2, -0.15) is 0 Å². The van der Waals surface area contributed by atoms with E-state index in [9.17, 15) is 4.79 Å². The van der Waals surface area contributed by atoms with Crippen LogP contribution < -0.4 is 0 Å². The molecule has 1 unspecified atom stereocenters. The summed E-state index contributed by atoms with van der Waals surface area (Å²) < 4.78 is 1.03. The summed E-state index contributed by atoms with van der Waals surface area (Å²) in [7, 11) is 0. The molecule has 0 saturated carbocycles. The molecule has 2 aromatic carbocycles. The molecule has 1 atom stereocenters. The highest BCUT2D eigenvalue weighted by Gasteiger charge is 2.19. The van der Waals surface area contributed by atoms with E-state index in [-0.39, 0.29) is 11.9 Å². The first-order valence-corrected chi connectivity index (χ1v) is 8.47. The van der Waals surface area contributed by atoms with Crippen LogP contribution in [0.15, 0.2) is 59.1 Å². The Hall–Kier alpha value is -1.61. The molecular weight excluding hydrogens is 338 g/mol. The molecule has 0 N–H and O–H groups in total. The van der Waals surface area contributed by atoms with E-state index in [1.807, 2.05) is 47.4 Å². The van der Waals surface area contributed by atoms with Gasteiger partial charge < -0.3 is 4.90 Å². The van der Waals surface area contributed by atoms with E-state index in [2.05, 4.69) is 41.9 Å². The first-order valence-electron chi connectivity index (χ1n) is 7.68. The number of benzene rings is 2. The Morgan fingerprint density at radius 2 is 1.68 bits per heavy atom. The second-order valence-electron chi connectivity index (χ2n) is 5.57. The van der Waals surface area contributed by atoms with Crippen LogP contribution in [0.4, 0.5) is 0 Å². The number of nitrogens with zero attached hydrogens (tertiary/aromatic N) is 1. The Morgan fingerprint density at radius 1 is 1.05 bits per heavy atom. The molecule has 2 nitrogen and oxygen atoms in total. The van der Waals surface area contributed by atoms with Crippen molar-refractivity contribution in [2.24, 2.45) is 0 Å². The van der Waals surface area contributed by atoms with Gasteiger partial charge in [0.05, 0.1) is 6.42 Å². The van der Waals surface area contributed by atoms with Crippen molar-refractivity contribution in [1.29, 1.82) is 0 Å². The molecule has 0 heterocycles. The van der Waals surface area contributed by atoms with E-state index >= 15 is 0 Å². The van der Waals surface area contributed by atoms with Crippen molar-refractivity contribution >= 4 is 21.8 Å². The van der Waals surface area contributed by atoms with Crippen LogP contribution in [-0.4, -0.2) is 16.8 Å². The smallest absolute Gasteiger partial charge is 0.227 e. The van der Waals surface area contributed by atoms with Gasteiger partial charge in [0.15, 0.2) is 0 Å². The van der Waals surface area contributed by atoms with Crippen molar-refractivity contribution in [3.63, 3.8) is 0 Å². The average Bonchev–Trinajstić information content (AvgIpc) is 2.55. The monoisotopic (exact) mass is 359 g/mol. The van der Waals surface area contributed by atoms with Crippen molar-refractivity contribution < 1.29 is 4.79 Å². The van der Waals surface area contributed by atoms with E-state index in [1.54, 1.807) is 0 Å². The number of hydrogen-bond donors (Lipinski definition) is 0. The second kappa shape index (κ2) is 8.14. The lowest BCUT2D eigenvalue weighted by molar-refractivity contribution is -0.133. The first-order chi connectivity index (χ1) is 10.6. The minimum absolute atomic E-state index is 0.181. The van der Waals surface area contributed by atoms with E-state index in [4.69, 9.17) is 0 Å². The molecule has 0 aliphatic carbocycles. The second-order valence-corrected chi connectivity index (χ2v) is 6.48. The predicted octanol–water partition coefficient (Wildman–Crippen LogP) is 4.82. The fourth-order valence-electron chi connectivity index (χ4n) is 2.37. The van der Waals surface area contributed by atoms with Gasteiger partial charge in [0.2, 0.25) is 5.91 Å². The summed E-state index contributed by atoms with van der Waals surface area (Å²) in [5, 5.41) is 0. The van der Waals surface area contributed by atoms with Gasteiger partial charge in [0, 0.05) is 17.1 Å². The highest BCUT2D eigenvalue weighted by molar-refractivity contribution is 9.10. The van der Waals surface area contributed by atoms with Crippen LogP contribution >= 0.6 is 15.9 Å². The van der Waals surface area contributed by atoms with Gasteiger partial charge in [-0.15, -0.1) is 0 Å². The Labute approximate surface area is 141 Å². The van der Waals surface area contributed by atoms with Crippen molar-refractivity contribution in [3.05, 3.63) is 70.2 Å². The van der Waals surface area contributed by atoms with Crippen molar-refractivity contribution in [1.82, 2.24) is 4.90 Å². The van der Waals surface area contributed by atoms with Gasteiger partial charge in [-0.25, -0.2) is 0 Å². The first kappa shape index (κ1) is 16.8. The van der Waals surface area contributed by atoms with Crippen molar-refractivity contribution in [2.75, 3.05) is 0 Å². The summed E-state index contributed by atoms with van der Waals surface area (Å²) in [6.45, 7) is 4.91. The van der Waals surface area contributed by atoms with Crippen LogP contribution in [0.1, 0.15) is 31.4 Å². The Balaban J connectivity index is 2.10. The lowest BCUT2D eigenvalue weighted by Crippen LogP contribution is -2.38. The zero-order valence-corrected chi connectivity index (χ0v) is 14.7. The van der Waals surface area contributed by atoms with Gasteiger partial charge in [-0.3, -0.25) is 4.79 Å². The zero-order chi connectivity index (χ0) is 15.9. The summed E-state index contributed by atoms with van der Waals surface area (Å²) in [5.41, 5.74) is 2.22. The number of rotatable bonds is 6. The van der Waals surface area contributed by atoms with Crippen LogP contribution in [0.3, 0.4) is 0 Å². The summed E-state index contributed by atoms with van der Waals surface area (Å²) >= 11 is 3.42. The number of halogens is 1. The average molecular weight is 360 g/mol. The van der Waals surface area contributed by atoms with Crippen LogP contribution in [-0.2, 0) is 17.8 Å². The maximum absolute atomic E-state index is 12.7. The lowest BCUT2D eigenvalue weighted by Gasteiger charge is -2.29. The fourth-order valence-corrected chi connectivity index (χ4v) is 2.63. The number of carbonyl (C=O) groups is 1. The molecule has 0 bridgehead atoms. The van der Waals surface area contributed by atoms with E-state index in [0.29, 0.717) is 13.0 Å². The fraction of sp³-hybridized carbons (Fsp3) is 0.316. The van der Waals surface area contributed by atoms with E-state index in [0.717, 1.165) is 16.5 Å². The molecule has 0 radical (unpaired) electrons. The highest BCUT2D eigenvalue weighted by atomic mass is 79.9. The van der Waals surface area contributed by atoms with Gasteiger partial charge in [0.1, 0.15) is 0 Å². The molecular formula is C19H22BrNO. The standard InChI is InChI=1S/C19H22BrNO/c1-3-15(2)21(14-17-7-5-4-6-8-17)19(22)13-16-9-11-18(20)12-10-16/h4-12,15H,3,13-14H2,1-2H3. The third kappa shape index (κ3) is 4.70. The molecule has 116 valence electrons. The molecule has 0 aliphatic heterocycles. The Kier molecular flexibility index (Phi) is 6.20. The SMILES string of the molecule is CCC(C)N(Cc1ccccc1)C(=O)Cc1ccc(Br)cc1. The quantitative estimate of drug-likeness (QED) is 0.723. The Bertz CT molecular complexity index is 595. The van der Waals surface area contributed by atoms with Gasteiger partial charge in [0.25, 0.3) is 0 Å². The summed E-state index contributed by atoms with van der Waals surface area (Å²) in [6, 6.07) is 18.4. The molecule has 22 heavy (non-hydrogen) atoms. The van der Waals surface area contributed by atoms with Crippen LogP contribution in [0.2, 0.25) is 0 Å². The minimum atomic E-state index is 0.181. The topological polar surface area (TPSA) is 20.3 Å². The molecule has 0 saturated heterocycles. The van der Waals surface area contributed by atoms with Crippen molar-refractivity contribution in [3.8, 4) is 0 Å². The van der Waals surface area contributed by atoms with Crippen LogP contribution in [0.5, 0.6) is 0 Å². The predicted molar refractivity (Wildman–Crippen MR) is 94.6 cm³/mol. The molecule has 0 spiro atoms. The van der Waals surface area contributed by atoms with Gasteiger partial charge in [-0.05, 0) is 36.6 Å². The molecule has 0 aliphatic rings. The molecule has 3 heteroatoms. The third-order valence-electron chi connectivity index (χ3n) is 3.91. The zero-order valence-electron chi connectivity index (χ0n) is 13.1. The maximum atomic E-state index is 12.7. The number of amides is 1. The highest BCUT2D eigenvalue weighted by Crippen LogP contribution is 2.15. The summed E-state index contributed by atoms with van der Waals surface area (Å²) in [4.78, 5) is 14.7. The van der Waals surface area contributed by atoms with Crippen molar-refractivity contribution in [2.45, 2.75) is 39.3 Å². The van der Waals surface area contributed by atoms with Crippen LogP contribution in [0.25, 0.3) is 0 Å². The molecule has 0 aromatic heterocycles. The van der Waals surface area contributed by atoms with Gasteiger partial charge >= 0.3 is 0 Å². The molecule has 2 rings (SSSR count). The van der Waals surface area contributed by atoms with E-state index < -0.39 is 0 Å². The molecule has 0 fully saturated rings. The van der Waals surface area contributed by atoms with Gasteiger partial charge in [-0.1, -0.05) is 65.3 Å². The number of hydrogen-bond acceptors (Lipinski definition) is 1. The maximum Gasteiger partial charge on any atom is 0.227 e. The third-order valence-corrected chi connectivity index (χ3v) is 4.44. The number of carbonyl (C=O) groups excluding carboxylic acids is 1. The largest absolute Gasteiger partial charge is 0.335 e. The summed E-state index contributed by atoms with van der Waals surface area (Å²) in [5.74, 6) is 0.181. The Morgan fingerprint density at radius 3 is 2.27 bits per heavy atom. The normalized spacial score (nSPS) is 12.0. The minimum Gasteiger partial charge on any atom is -0.335 e. The lowest BCUT2D eigenvalue weighted by atomic mass is 10.1. The van der Waals surface area contributed by atoms with E-state index in [1.165, 1.54) is 5.56 Å².